The van der Waals surface area contributed by atoms with Crippen LogP contribution in [0.1, 0.15) is 22.3 Å². The Hall–Kier alpha value is -5.41. The second-order valence-corrected chi connectivity index (χ2v) is 12.1. The first-order valence-corrected chi connectivity index (χ1v) is 15.1. The van der Waals surface area contributed by atoms with Crippen LogP contribution in [0.4, 0.5) is 0 Å². The number of aryl methyl sites for hydroxylation is 4. The normalized spacial score (nSPS) is 11.6. The average molecular weight is 569 g/mol. The lowest BCUT2D eigenvalue weighted by Crippen LogP contribution is -1.97. The van der Waals surface area contributed by atoms with Crippen LogP contribution >= 0.6 is 0 Å². The van der Waals surface area contributed by atoms with Gasteiger partial charge >= 0.3 is 0 Å². The molecule has 2 aromatic heterocycles. The Balaban J connectivity index is 1.42. The van der Waals surface area contributed by atoms with Gasteiger partial charge in [0.2, 0.25) is 5.89 Å². The molecule has 0 bridgehead atoms. The molecule has 8 rings (SSSR count). The summed E-state index contributed by atoms with van der Waals surface area (Å²) in [5.74, 6) is 0.621. The number of nitrogens with zero attached hydrogens (tertiary/aromatic N) is 2. The van der Waals surface area contributed by atoms with Crippen LogP contribution in [0, 0.1) is 27.7 Å². The summed E-state index contributed by atoms with van der Waals surface area (Å²) in [6.45, 7) is 8.67. The van der Waals surface area contributed by atoms with Crippen LogP contribution in [0.2, 0.25) is 0 Å². The summed E-state index contributed by atoms with van der Waals surface area (Å²) in [6, 6.07) is 43.7. The van der Waals surface area contributed by atoms with Gasteiger partial charge in [0, 0.05) is 10.8 Å². The van der Waals surface area contributed by atoms with E-state index in [1.807, 2.05) is 24.3 Å². The maximum atomic E-state index is 6.29. The molecule has 8 aromatic rings. The monoisotopic (exact) mass is 568 g/mol. The predicted molar refractivity (Wildman–Crippen MR) is 184 cm³/mol. The van der Waals surface area contributed by atoms with Crippen LogP contribution < -0.4 is 0 Å². The molecule has 0 radical (unpaired) electrons. The molecule has 0 spiro atoms. The van der Waals surface area contributed by atoms with Crippen molar-refractivity contribution in [2.24, 2.45) is 0 Å². The molecular formula is C41H32N2O. The fraction of sp³-hybridized carbons (Fsp3) is 0.0976. The molecule has 0 aliphatic rings. The number of rotatable bonds is 4. The average Bonchev–Trinajstić information content (AvgIpc) is 3.59. The van der Waals surface area contributed by atoms with Crippen molar-refractivity contribution in [1.29, 1.82) is 0 Å². The smallest absolute Gasteiger partial charge is 0.229 e. The quantitative estimate of drug-likeness (QED) is 0.211. The summed E-state index contributed by atoms with van der Waals surface area (Å²) in [6.07, 6.45) is 0. The van der Waals surface area contributed by atoms with Gasteiger partial charge in [-0.05, 0) is 98.5 Å². The zero-order valence-electron chi connectivity index (χ0n) is 25.3. The summed E-state index contributed by atoms with van der Waals surface area (Å²) in [7, 11) is 0. The Labute approximate surface area is 257 Å². The van der Waals surface area contributed by atoms with Gasteiger partial charge in [0.1, 0.15) is 5.52 Å². The summed E-state index contributed by atoms with van der Waals surface area (Å²) in [5.41, 5.74) is 15.9. The topological polar surface area (TPSA) is 31.0 Å². The third kappa shape index (κ3) is 4.40. The Bertz CT molecular complexity index is 2200. The Morgan fingerprint density at radius 2 is 1.02 bits per heavy atom. The second-order valence-electron chi connectivity index (χ2n) is 12.1. The lowest BCUT2D eigenvalue weighted by atomic mass is 9.97. The maximum Gasteiger partial charge on any atom is 0.229 e. The largest absolute Gasteiger partial charge is 0.436 e. The van der Waals surface area contributed by atoms with Crippen molar-refractivity contribution in [3.05, 3.63) is 144 Å². The molecule has 2 heterocycles. The Morgan fingerprint density at radius 3 is 1.59 bits per heavy atom. The third-order valence-electron chi connectivity index (χ3n) is 8.54. The van der Waals surface area contributed by atoms with Crippen LogP contribution in [0.3, 0.4) is 0 Å². The van der Waals surface area contributed by atoms with Gasteiger partial charge in [0.25, 0.3) is 0 Å². The molecule has 0 amide bonds. The van der Waals surface area contributed by atoms with Crippen LogP contribution in [-0.4, -0.2) is 9.55 Å². The van der Waals surface area contributed by atoms with Gasteiger partial charge in [-0.25, -0.2) is 4.98 Å². The molecule has 212 valence electrons. The van der Waals surface area contributed by atoms with Crippen molar-refractivity contribution in [3.63, 3.8) is 0 Å². The van der Waals surface area contributed by atoms with Gasteiger partial charge in [-0.15, -0.1) is 0 Å². The zero-order chi connectivity index (χ0) is 29.9. The number of fused-ring (bicyclic) bond motifs is 4. The first kappa shape index (κ1) is 26.2. The fourth-order valence-electron chi connectivity index (χ4n) is 6.76. The van der Waals surface area contributed by atoms with E-state index in [-0.39, 0.29) is 0 Å². The Morgan fingerprint density at radius 1 is 0.500 bits per heavy atom. The molecule has 0 fully saturated rings. The van der Waals surface area contributed by atoms with Gasteiger partial charge in [0.05, 0.1) is 22.3 Å². The molecular weight excluding hydrogens is 536 g/mol. The minimum absolute atomic E-state index is 0.621. The van der Waals surface area contributed by atoms with E-state index >= 15 is 0 Å². The highest BCUT2D eigenvalue weighted by Gasteiger charge is 2.19. The van der Waals surface area contributed by atoms with Gasteiger partial charge in [-0.2, -0.15) is 0 Å². The summed E-state index contributed by atoms with van der Waals surface area (Å²) in [5, 5.41) is 2.44. The molecule has 3 nitrogen and oxygen atoms in total. The van der Waals surface area contributed by atoms with E-state index in [0.717, 1.165) is 33.4 Å². The number of benzene rings is 6. The molecule has 0 aliphatic heterocycles. The number of aromatic nitrogens is 2. The van der Waals surface area contributed by atoms with Gasteiger partial charge in [-0.1, -0.05) is 95.1 Å². The van der Waals surface area contributed by atoms with Crippen molar-refractivity contribution in [3.8, 4) is 39.4 Å². The van der Waals surface area contributed by atoms with Crippen molar-refractivity contribution in [2.75, 3.05) is 0 Å². The minimum Gasteiger partial charge on any atom is -0.436 e. The zero-order valence-corrected chi connectivity index (χ0v) is 25.3. The Kier molecular flexibility index (Phi) is 6.02. The third-order valence-corrected chi connectivity index (χ3v) is 8.54. The van der Waals surface area contributed by atoms with Crippen molar-refractivity contribution >= 4 is 32.9 Å². The molecule has 6 aromatic carbocycles. The van der Waals surface area contributed by atoms with E-state index in [2.05, 4.69) is 129 Å². The van der Waals surface area contributed by atoms with Crippen molar-refractivity contribution < 1.29 is 4.42 Å². The van der Waals surface area contributed by atoms with Crippen molar-refractivity contribution in [2.45, 2.75) is 27.7 Å². The van der Waals surface area contributed by atoms with E-state index in [1.54, 1.807) is 0 Å². The van der Waals surface area contributed by atoms with E-state index in [9.17, 15) is 0 Å². The molecule has 44 heavy (non-hydrogen) atoms. The number of oxazole rings is 1. The first-order valence-electron chi connectivity index (χ1n) is 15.1. The standard InChI is InChI=1S/C41H32N2O/c1-25-17-26(2)20-31(19-25)29-13-15-38-34(23-29)35-24-30(32-21-27(3)18-28(4)22-32)14-16-39(35)43(38)37-11-7-5-9-33(37)41-42-36-10-6-8-12-40(36)44-41/h5-24H,1-4H3. The van der Waals surface area contributed by atoms with Crippen LogP contribution in [-0.2, 0) is 0 Å². The molecule has 0 unspecified atom stereocenters. The number of hydrogen-bond donors (Lipinski definition) is 0. The summed E-state index contributed by atoms with van der Waals surface area (Å²) < 4.78 is 8.66. The van der Waals surface area contributed by atoms with Gasteiger partial charge < -0.3 is 8.98 Å². The van der Waals surface area contributed by atoms with Crippen LogP contribution in [0.5, 0.6) is 0 Å². The van der Waals surface area contributed by atoms with Crippen LogP contribution in [0.15, 0.2) is 126 Å². The minimum atomic E-state index is 0.621. The molecule has 0 saturated carbocycles. The van der Waals surface area contributed by atoms with Crippen LogP contribution in [0.25, 0.3) is 72.3 Å². The number of para-hydroxylation sites is 3. The van der Waals surface area contributed by atoms with E-state index < -0.39 is 0 Å². The second kappa shape index (κ2) is 10.1. The highest BCUT2D eigenvalue weighted by molar-refractivity contribution is 6.12. The van der Waals surface area contributed by atoms with E-state index in [4.69, 9.17) is 9.40 Å². The first-order chi connectivity index (χ1) is 21.4. The molecule has 0 N–H and O–H groups in total. The SMILES string of the molecule is Cc1cc(C)cc(-c2ccc3c(c2)c2cc(-c4cc(C)cc(C)c4)ccc2n3-c2ccccc2-c2nc3ccccc3o2)c1. The van der Waals surface area contributed by atoms with Gasteiger partial charge in [-0.3, -0.25) is 0 Å². The summed E-state index contributed by atoms with van der Waals surface area (Å²) in [4.78, 5) is 4.87. The molecule has 0 atom stereocenters. The lowest BCUT2D eigenvalue weighted by Gasteiger charge is -2.12. The lowest BCUT2D eigenvalue weighted by molar-refractivity contribution is 0.619. The fourth-order valence-corrected chi connectivity index (χ4v) is 6.76. The molecule has 0 saturated heterocycles. The molecule has 3 heteroatoms. The predicted octanol–water partition coefficient (Wildman–Crippen LogP) is 11.2. The van der Waals surface area contributed by atoms with Gasteiger partial charge in [0.15, 0.2) is 5.58 Å². The van der Waals surface area contributed by atoms with Crippen molar-refractivity contribution in [1.82, 2.24) is 9.55 Å². The highest BCUT2D eigenvalue weighted by atomic mass is 16.3. The molecule has 0 aliphatic carbocycles. The van der Waals surface area contributed by atoms with E-state index in [1.165, 1.54) is 55.3 Å². The number of hydrogen-bond acceptors (Lipinski definition) is 2. The summed E-state index contributed by atoms with van der Waals surface area (Å²) >= 11 is 0. The highest BCUT2D eigenvalue weighted by Crippen LogP contribution is 2.40. The van der Waals surface area contributed by atoms with E-state index in [0.29, 0.717) is 5.89 Å². The maximum absolute atomic E-state index is 6.29.